The average Bonchev–Trinajstić information content (AvgIpc) is 2.79. The van der Waals surface area contributed by atoms with Gasteiger partial charge in [-0.2, -0.15) is 0 Å². The fraction of sp³-hybridized carbons (Fsp3) is 0.208. The lowest BCUT2D eigenvalue weighted by atomic mass is 10.1. The van der Waals surface area contributed by atoms with E-state index >= 15 is 0 Å². The van der Waals surface area contributed by atoms with Gasteiger partial charge in [0.05, 0.1) is 15.6 Å². The fourth-order valence-corrected chi connectivity index (χ4v) is 4.74. The van der Waals surface area contributed by atoms with Crippen molar-refractivity contribution in [3.63, 3.8) is 0 Å². The molecule has 3 rings (SSSR count). The summed E-state index contributed by atoms with van der Waals surface area (Å²) in [6.45, 7) is 1.97. The molecule has 1 amide bonds. The number of nitrogens with one attached hydrogen (secondary N) is 1. The molecule has 0 aliphatic rings. The molecule has 0 radical (unpaired) electrons. The van der Waals surface area contributed by atoms with Gasteiger partial charge in [0.2, 0.25) is 5.91 Å². The number of rotatable bonds is 9. The van der Waals surface area contributed by atoms with Crippen LogP contribution in [0.1, 0.15) is 17.5 Å². The van der Waals surface area contributed by atoms with Gasteiger partial charge >= 0.3 is 0 Å². The van der Waals surface area contributed by atoms with Crippen molar-refractivity contribution in [2.24, 2.45) is 0 Å². The van der Waals surface area contributed by atoms with Crippen LogP contribution in [-0.4, -0.2) is 27.4 Å². The number of anilines is 1. The molecule has 0 saturated heterocycles. The molecule has 0 unspecified atom stereocenters. The minimum Gasteiger partial charge on any atom is -0.355 e. The van der Waals surface area contributed by atoms with Gasteiger partial charge in [-0.15, -0.1) is 0 Å². The van der Waals surface area contributed by atoms with E-state index in [9.17, 15) is 17.6 Å². The number of aryl methyl sites for hydroxylation is 2. The minimum absolute atomic E-state index is 0.0209. The van der Waals surface area contributed by atoms with Crippen LogP contribution in [0.4, 0.5) is 10.1 Å². The van der Waals surface area contributed by atoms with Crippen molar-refractivity contribution in [3.8, 4) is 0 Å². The lowest BCUT2D eigenvalue weighted by molar-refractivity contribution is -0.119. The summed E-state index contributed by atoms with van der Waals surface area (Å²) in [5, 5.41) is 2.53. The number of carbonyl (C=O) groups is 1. The summed E-state index contributed by atoms with van der Waals surface area (Å²) in [4.78, 5) is 12.6. The Kier molecular flexibility index (Phi) is 7.88. The van der Waals surface area contributed by atoms with E-state index in [1.165, 1.54) is 35.4 Å². The smallest absolute Gasteiger partial charge is 0.264 e. The first-order chi connectivity index (χ1) is 15.3. The second kappa shape index (κ2) is 10.6. The Labute approximate surface area is 192 Å². The summed E-state index contributed by atoms with van der Waals surface area (Å²) in [5.74, 6) is -1.14. The Hall–Kier alpha value is -2.90. The second-order valence-electron chi connectivity index (χ2n) is 7.36. The topological polar surface area (TPSA) is 66.5 Å². The highest BCUT2D eigenvalue weighted by molar-refractivity contribution is 7.92. The van der Waals surface area contributed by atoms with Crippen molar-refractivity contribution in [2.75, 3.05) is 17.4 Å². The third-order valence-electron chi connectivity index (χ3n) is 4.89. The van der Waals surface area contributed by atoms with Crippen molar-refractivity contribution in [3.05, 3.63) is 94.8 Å². The van der Waals surface area contributed by atoms with E-state index in [1.807, 2.05) is 31.2 Å². The predicted molar refractivity (Wildman–Crippen MR) is 125 cm³/mol. The van der Waals surface area contributed by atoms with Crippen molar-refractivity contribution < 1.29 is 17.6 Å². The van der Waals surface area contributed by atoms with Crippen LogP contribution in [-0.2, 0) is 21.2 Å². The number of amides is 1. The van der Waals surface area contributed by atoms with E-state index in [0.717, 1.165) is 16.8 Å². The molecule has 0 bridgehead atoms. The third kappa shape index (κ3) is 6.08. The van der Waals surface area contributed by atoms with Gasteiger partial charge < -0.3 is 5.32 Å². The SMILES string of the molecule is Cc1ccc(CCCNC(=O)CN(c2ccc(F)c(Cl)c2)S(=O)(=O)c2ccccc2)cc1. The molecule has 1 N–H and O–H groups in total. The van der Waals surface area contributed by atoms with E-state index in [0.29, 0.717) is 13.0 Å². The quantitative estimate of drug-likeness (QED) is 0.456. The first-order valence-electron chi connectivity index (χ1n) is 10.1. The normalized spacial score (nSPS) is 11.2. The van der Waals surface area contributed by atoms with Gasteiger partial charge in [0, 0.05) is 6.54 Å². The molecule has 0 aromatic heterocycles. The van der Waals surface area contributed by atoms with Gasteiger partial charge in [-0.1, -0.05) is 59.6 Å². The van der Waals surface area contributed by atoms with Gasteiger partial charge in [0.15, 0.2) is 0 Å². The number of nitrogens with zero attached hydrogens (tertiary/aromatic N) is 1. The first kappa shape index (κ1) is 23.8. The molecule has 0 aliphatic heterocycles. The molecule has 3 aromatic carbocycles. The highest BCUT2D eigenvalue weighted by Crippen LogP contribution is 2.27. The first-order valence-corrected chi connectivity index (χ1v) is 11.9. The van der Waals surface area contributed by atoms with Crippen molar-refractivity contribution in [1.29, 1.82) is 0 Å². The van der Waals surface area contributed by atoms with E-state index < -0.39 is 28.3 Å². The summed E-state index contributed by atoms with van der Waals surface area (Å²) < 4.78 is 41.0. The molecule has 0 fully saturated rings. The molecule has 8 heteroatoms. The van der Waals surface area contributed by atoms with Gasteiger partial charge in [-0.25, -0.2) is 12.8 Å². The largest absolute Gasteiger partial charge is 0.355 e. The molecule has 5 nitrogen and oxygen atoms in total. The molecule has 0 aliphatic carbocycles. The van der Waals surface area contributed by atoms with Gasteiger partial charge in [0.25, 0.3) is 10.0 Å². The zero-order chi connectivity index (χ0) is 23.1. The molecule has 0 saturated carbocycles. The molecule has 3 aromatic rings. The minimum atomic E-state index is -4.07. The summed E-state index contributed by atoms with van der Waals surface area (Å²) in [5.41, 5.74) is 2.46. The van der Waals surface area contributed by atoms with Crippen LogP contribution < -0.4 is 9.62 Å². The molecular formula is C24H24ClFN2O3S. The van der Waals surface area contributed by atoms with Crippen LogP contribution in [0.2, 0.25) is 5.02 Å². The number of halogens is 2. The lowest BCUT2D eigenvalue weighted by Crippen LogP contribution is -2.41. The zero-order valence-electron chi connectivity index (χ0n) is 17.6. The van der Waals surface area contributed by atoms with Gasteiger partial charge in [-0.3, -0.25) is 9.10 Å². The van der Waals surface area contributed by atoms with Crippen LogP contribution in [0.15, 0.2) is 77.7 Å². The number of carbonyl (C=O) groups excluding carboxylic acids is 1. The molecule has 0 heterocycles. The number of hydrogen-bond donors (Lipinski definition) is 1. The summed E-state index contributed by atoms with van der Waals surface area (Å²) >= 11 is 5.86. The van der Waals surface area contributed by atoms with Crippen molar-refractivity contribution >= 4 is 33.2 Å². The summed E-state index contributed by atoms with van der Waals surface area (Å²) in [7, 11) is -4.07. The molecule has 0 spiro atoms. The Balaban J connectivity index is 1.71. The van der Waals surface area contributed by atoms with E-state index in [-0.39, 0.29) is 15.6 Å². The summed E-state index contributed by atoms with van der Waals surface area (Å²) in [6, 6.07) is 19.5. The number of hydrogen-bond acceptors (Lipinski definition) is 3. The second-order valence-corrected chi connectivity index (χ2v) is 9.63. The van der Waals surface area contributed by atoms with Crippen LogP contribution in [0, 0.1) is 12.7 Å². The lowest BCUT2D eigenvalue weighted by Gasteiger charge is -2.24. The highest BCUT2D eigenvalue weighted by atomic mass is 35.5. The maximum Gasteiger partial charge on any atom is 0.264 e. The number of sulfonamides is 1. The van der Waals surface area contributed by atoms with E-state index in [4.69, 9.17) is 11.6 Å². The fourth-order valence-electron chi connectivity index (χ4n) is 3.14. The molecular weight excluding hydrogens is 451 g/mol. The number of benzene rings is 3. The zero-order valence-corrected chi connectivity index (χ0v) is 19.2. The predicted octanol–water partition coefficient (Wildman–Crippen LogP) is 4.73. The Bertz CT molecular complexity index is 1170. The molecule has 168 valence electrons. The van der Waals surface area contributed by atoms with E-state index in [1.54, 1.807) is 18.2 Å². The maximum absolute atomic E-state index is 13.6. The molecule has 0 atom stereocenters. The Morgan fingerprint density at radius 1 is 1.03 bits per heavy atom. The van der Waals surface area contributed by atoms with Crippen molar-refractivity contribution in [2.45, 2.75) is 24.7 Å². The van der Waals surface area contributed by atoms with Crippen LogP contribution in [0.25, 0.3) is 0 Å². The van der Waals surface area contributed by atoms with Crippen LogP contribution in [0.3, 0.4) is 0 Å². The highest BCUT2D eigenvalue weighted by Gasteiger charge is 2.27. The Morgan fingerprint density at radius 2 is 1.72 bits per heavy atom. The van der Waals surface area contributed by atoms with Gasteiger partial charge in [0.1, 0.15) is 12.4 Å². The summed E-state index contributed by atoms with van der Waals surface area (Å²) in [6.07, 6.45) is 1.50. The van der Waals surface area contributed by atoms with Crippen LogP contribution >= 0.6 is 11.6 Å². The van der Waals surface area contributed by atoms with Crippen molar-refractivity contribution in [1.82, 2.24) is 5.32 Å². The standard InChI is InChI=1S/C24H24ClFN2O3S/c1-18-9-11-19(12-10-18)6-5-15-27-24(29)17-28(20-13-14-23(26)22(25)16-20)32(30,31)21-7-3-2-4-8-21/h2-4,7-14,16H,5-6,15,17H2,1H3,(H,27,29). The average molecular weight is 475 g/mol. The van der Waals surface area contributed by atoms with E-state index in [2.05, 4.69) is 5.32 Å². The van der Waals surface area contributed by atoms with Gasteiger partial charge in [-0.05, 0) is 55.7 Å². The van der Waals surface area contributed by atoms with Crippen LogP contribution in [0.5, 0.6) is 0 Å². The maximum atomic E-state index is 13.6. The third-order valence-corrected chi connectivity index (χ3v) is 6.97. The molecule has 32 heavy (non-hydrogen) atoms. The Morgan fingerprint density at radius 3 is 2.38 bits per heavy atom. The monoisotopic (exact) mass is 474 g/mol.